The van der Waals surface area contributed by atoms with Crippen LogP contribution in [0.5, 0.6) is 0 Å². The van der Waals surface area contributed by atoms with Crippen LogP contribution in [-0.4, -0.2) is 17.5 Å². The van der Waals surface area contributed by atoms with Crippen LogP contribution in [0, 0.1) is 5.92 Å². The lowest BCUT2D eigenvalue weighted by molar-refractivity contribution is -0.175. The van der Waals surface area contributed by atoms with Crippen LogP contribution < -0.4 is 0 Å². The fourth-order valence-corrected chi connectivity index (χ4v) is 1.49. The first-order valence-corrected chi connectivity index (χ1v) is 4.06. The van der Waals surface area contributed by atoms with E-state index in [4.69, 9.17) is 9.84 Å². The first kappa shape index (κ1) is 8.02. The van der Waals surface area contributed by atoms with Crippen LogP contribution in [0.2, 0.25) is 0 Å². The van der Waals surface area contributed by atoms with Gasteiger partial charge in [0.2, 0.25) is 0 Å². The lowest BCUT2D eigenvalue weighted by atomic mass is 9.96. The van der Waals surface area contributed by atoms with Gasteiger partial charge in [0.15, 0.2) is 6.29 Å². The first-order chi connectivity index (χ1) is 4.72. The predicted octanol–water partition coefficient (Wildman–Crippen LogP) is 1.53. The molecular formula is C8H16O2. The van der Waals surface area contributed by atoms with E-state index in [1.54, 1.807) is 0 Å². The Labute approximate surface area is 62.2 Å². The van der Waals surface area contributed by atoms with Gasteiger partial charge in [-0.1, -0.05) is 13.8 Å². The van der Waals surface area contributed by atoms with Crippen LogP contribution in [0.15, 0.2) is 0 Å². The molecule has 0 aliphatic carbocycles. The zero-order chi connectivity index (χ0) is 7.56. The summed E-state index contributed by atoms with van der Waals surface area (Å²) in [4.78, 5) is 0. The van der Waals surface area contributed by atoms with Crippen molar-refractivity contribution in [3.05, 3.63) is 0 Å². The van der Waals surface area contributed by atoms with Crippen molar-refractivity contribution < 1.29 is 9.84 Å². The van der Waals surface area contributed by atoms with Crippen LogP contribution in [0.3, 0.4) is 0 Å². The Hall–Kier alpha value is -0.0800. The zero-order valence-corrected chi connectivity index (χ0v) is 6.71. The van der Waals surface area contributed by atoms with Gasteiger partial charge in [-0.15, -0.1) is 0 Å². The molecule has 2 nitrogen and oxygen atoms in total. The summed E-state index contributed by atoms with van der Waals surface area (Å²) in [5.41, 5.74) is 0. The van der Waals surface area contributed by atoms with Crippen molar-refractivity contribution >= 4 is 0 Å². The average molecular weight is 144 g/mol. The summed E-state index contributed by atoms with van der Waals surface area (Å²) >= 11 is 0. The van der Waals surface area contributed by atoms with Crippen LogP contribution in [0.1, 0.15) is 33.1 Å². The molecule has 3 atom stereocenters. The minimum atomic E-state index is -0.506. The number of aliphatic hydroxyl groups excluding tert-OH is 1. The Morgan fingerprint density at radius 1 is 1.50 bits per heavy atom. The molecule has 0 radical (unpaired) electrons. The van der Waals surface area contributed by atoms with Crippen molar-refractivity contribution in [2.45, 2.75) is 45.5 Å². The number of hydrogen-bond donors (Lipinski definition) is 1. The predicted molar refractivity (Wildman–Crippen MR) is 39.6 cm³/mol. The lowest BCUT2D eigenvalue weighted by Gasteiger charge is -2.30. The minimum absolute atomic E-state index is 0.291. The average Bonchev–Trinajstić information content (AvgIpc) is 1.85. The summed E-state index contributed by atoms with van der Waals surface area (Å²) in [5.74, 6) is 0.619. The molecule has 1 fully saturated rings. The van der Waals surface area contributed by atoms with Crippen LogP contribution >= 0.6 is 0 Å². The Morgan fingerprint density at radius 3 is 2.70 bits per heavy atom. The van der Waals surface area contributed by atoms with Crippen LogP contribution in [-0.2, 0) is 4.74 Å². The third-order valence-electron chi connectivity index (χ3n) is 2.07. The van der Waals surface area contributed by atoms with Crippen molar-refractivity contribution in [1.82, 2.24) is 0 Å². The van der Waals surface area contributed by atoms with Crippen LogP contribution in [0.4, 0.5) is 0 Å². The van der Waals surface area contributed by atoms with E-state index >= 15 is 0 Å². The molecule has 10 heavy (non-hydrogen) atoms. The van der Waals surface area contributed by atoms with Gasteiger partial charge in [0, 0.05) is 6.42 Å². The van der Waals surface area contributed by atoms with Crippen molar-refractivity contribution in [2.75, 3.05) is 0 Å². The van der Waals surface area contributed by atoms with Gasteiger partial charge in [-0.2, -0.15) is 0 Å². The fourth-order valence-electron chi connectivity index (χ4n) is 1.49. The number of hydrogen-bond acceptors (Lipinski definition) is 2. The molecule has 2 heteroatoms. The second-order valence-corrected chi connectivity index (χ2v) is 3.20. The minimum Gasteiger partial charge on any atom is -0.368 e. The monoisotopic (exact) mass is 144 g/mol. The standard InChI is InChI=1S/C8H16O2/c1-3-7-4-6(2)5-8(9)10-7/h6-9H,3-5H2,1-2H3. The number of ether oxygens (including phenoxy) is 1. The molecule has 1 heterocycles. The molecule has 0 spiro atoms. The Balaban J connectivity index is 2.35. The summed E-state index contributed by atoms with van der Waals surface area (Å²) in [5, 5.41) is 9.16. The maximum Gasteiger partial charge on any atom is 0.155 e. The quantitative estimate of drug-likeness (QED) is 0.604. The molecule has 0 aromatic heterocycles. The van der Waals surface area contributed by atoms with Crippen LogP contribution in [0.25, 0.3) is 0 Å². The van der Waals surface area contributed by atoms with E-state index < -0.39 is 6.29 Å². The van der Waals surface area contributed by atoms with Crippen molar-refractivity contribution in [1.29, 1.82) is 0 Å². The molecule has 1 saturated heterocycles. The van der Waals surface area contributed by atoms with Crippen molar-refractivity contribution in [3.8, 4) is 0 Å². The Bertz CT molecular complexity index is 93.4. The SMILES string of the molecule is CCC1CC(C)CC(O)O1. The summed E-state index contributed by atoms with van der Waals surface area (Å²) in [6, 6.07) is 0. The highest BCUT2D eigenvalue weighted by Gasteiger charge is 2.23. The van der Waals surface area contributed by atoms with Gasteiger partial charge < -0.3 is 9.84 Å². The van der Waals surface area contributed by atoms with E-state index in [0.29, 0.717) is 12.0 Å². The van der Waals surface area contributed by atoms with Gasteiger partial charge in [0.1, 0.15) is 0 Å². The van der Waals surface area contributed by atoms with E-state index in [-0.39, 0.29) is 0 Å². The summed E-state index contributed by atoms with van der Waals surface area (Å²) in [7, 11) is 0. The normalized spacial score (nSPS) is 41.7. The lowest BCUT2D eigenvalue weighted by Crippen LogP contribution is -2.31. The van der Waals surface area contributed by atoms with Gasteiger partial charge in [0.05, 0.1) is 6.10 Å². The number of rotatable bonds is 1. The van der Waals surface area contributed by atoms with E-state index in [2.05, 4.69) is 13.8 Å². The van der Waals surface area contributed by atoms with Gasteiger partial charge in [-0.3, -0.25) is 0 Å². The number of aliphatic hydroxyl groups is 1. The van der Waals surface area contributed by atoms with Gasteiger partial charge in [0.25, 0.3) is 0 Å². The molecular weight excluding hydrogens is 128 g/mol. The molecule has 1 aliphatic heterocycles. The molecule has 60 valence electrons. The molecule has 1 aliphatic rings. The molecule has 0 bridgehead atoms. The van der Waals surface area contributed by atoms with E-state index in [9.17, 15) is 0 Å². The Morgan fingerprint density at radius 2 is 2.20 bits per heavy atom. The fraction of sp³-hybridized carbons (Fsp3) is 1.00. The summed E-state index contributed by atoms with van der Waals surface area (Å²) < 4.78 is 5.26. The van der Waals surface area contributed by atoms with Crippen molar-refractivity contribution in [3.63, 3.8) is 0 Å². The molecule has 3 unspecified atom stereocenters. The Kier molecular flexibility index (Phi) is 2.69. The van der Waals surface area contributed by atoms with Crippen molar-refractivity contribution in [2.24, 2.45) is 5.92 Å². The second-order valence-electron chi connectivity index (χ2n) is 3.20. The zero-order valence-electron chi connectivity index (χ0n) is 6.71. The van der Waals surface area contributed by atoms with E-state index in [1.165, 1.54) is 0 Å². The topological polar surface area (TPSA) is 29.5 Å². The molecule has 0 aromatic carbocycles. The third kappa shape index (κ3) is 1.96. The third-order valence-corrected chi connectivity index (χ3v) is 2.07. The highest BCUT2D eigenvalue weighted by molar-refractivity contribution is 4.68. The second kappa shape index (κ2) is 3.35. The largest absolute Gasteiger partial charge is 0.368 e. The van der Waals surface area contributed by atoms with Gasteiger partial charge in [-0.25, -0.2) is 0 Å². The maximum atomic E-state index is 9.16. The maximum absolute atomic E-state index is 9.16. The van der Waals surface area contributed by atoms with Gasteiger partial charge in [-0.05, 0) is 18.8 Å². The highest BCUT2D eigenvalue weighted by Crippen LogP contribution is 2.24. The first-order valence-electron chi connectivity index (χ1n) is 4.06. The molecule has 1 N–H and O–H groups in total. The smallest absolute Gasteiger partial charge is 0.155 e. The molecule has 0 saturated carbocycles. The summed E-state index contributed by atoms with van der Waals surface area (Å²) in [6.07, 6.45) is 2.71. The summed E-state index contributed by atoms with van der Waals surface area (Å²) in [6.45, 7) is 4.25. The molecule has 0 aromatic rings. The highest BCUT2D eigenvalue weighted by atomic mass is 16.6. The van der Waals surface area contributed by atoms with Gasteiger partial charge >= 0.3 is 0 Å². The molecule has 1 rings (SSSR count). The molecule has 0 amide bonds. The van der Waals surface area contributed by atoms with E-state index in [0.717, 1.165) is 19.3 Å². The van der Waals surface area contributed by atoms with E-state index in [1.807, 2.05) is 0 Å².